The fourth-order valence-corrected chi connectivity index (χ4v) is 1.28. The largest absolute Gasteiger partial charge is 0.481 e. The number of Topliss-reactive ketones (excluding diaryl/α,β-unsaturated/α-hetero) is 1. The average molecular weight is 176 g/mol. The first-order valence-electron chi connectivity index (χ1n) is 3.27. The molecule has 0 aliphatic rings. The molecular weight excluding hydrogens is 164 g/mol. The van der Waals surface area contributed by atoms with E-state index in [0.717, 1.165) is 0 Å². The fourth-order valence-electron chi connectivity index (χ4n) is 0.925. The highest BCUT2D eigenvalue weighted by Crippen LogP contribution is 2.22. The lowest BCUT2D eigenvalue weighted by Gasteiger charge is -2.18. The van der Waals surface area contributed by atoms with Gasteiger partial charge in [0.15, 0.2) is 0 Å². The van der Waals surface area contributed by atoms with Crippen molar-refractivity contribution in [1.82, 2.24) is 0 Å². The Labute approximate surface area is 71.2 Å². The summed E-state index contributed by atoms with van der Waals surface area (Å²) in [5.74, 6) is -0.965. The van der Waals surface area contributed by atoms with E-state index in [-0.39, 0.29) is 18.6 Å². The van der Waals surface area contributed by atoms with Crippen LogP contribution in [0.25, 0.3) is 0 Å². The lowest BCUT2D eigenvalue weighted by Crippen LogP contribution is -2.24. The second-order valence-electron chi connectivity index (χ2n) is 2.95. The minimum absolute atomic E-state index is 0.0382. The number of hydrogen-bond donors (Lipinski definition) is 2. The topological polar surface area (TPSA) is 54.4 Å². The van der Waals surface area contributed by atoms with Gasteiger partial charge in [-0.3, -0.25) is 9.59 Å². The SMILES string of the molecule is CC(=O)CC(C)(S)CC(=O)O. The number of ketones is 1. The summed E-state index contributed by atoms with van der Waals surface area (Å²) in [5.41, 5.74) is 0. The number of thiol groups is 1. The van der Waals surface area contributed by atoms with E-state index in [2.05, 4.69) is 12.6 Å². The normalized spacial score (nSPS) is 15.5. The van der Waals surface area contributed by atoms with Gasteiger partial charge in [-0.25, -0.2) is 0 Å². The maximum atomic E-state index is 10.6. The van der Waals surface area contributed by atoms with Gasteiger partial charge in [0.05, 0.1) is 6.42 Å². The van der Waals surface area contributed by atoms with Crippen LogP contribution in [0, 0.1) is 0 Å². The van der Waals surface area contributed by atoms with Gasteiger partial charge in [0.25, 0.3) is 0 Å². The second kappa shape index (κ2) is 3.76. The van der Waals surface area contributed by atoms with Gasteiger partial charge in [0.1, 0.15) is 5.78 Å². The summed E-state index contributed by atoms with van der Waals surface area (Å²) in [4.78, 5) is 20.8. The number of carbonyl (C=O) groups is 2. The smallest absolute Gasteiger partial charge is 0.304 e. The Kier molecular flexibility index (Phi) is 3.58. The van der Waals surface area contributed by atoms with Crippen molar-refractivity contribution in [2.75, 3.05) is 0 Å². The molecule has 4 heteroatoms. The maximum Gasteiger partial charge on any atom is 0.304 e. The predicted molar refractivity (Wildman–Crippen MR) is 44.9 cm³/mol. The lowest BCUT2D eigenvalue weighted by molar-refractivity contribution is -0.137. The van der Waals surface area contributed by atoms with Crippen LogP contribution in [0.3, 0.4) is 0 Å². The van der Waals surface area contributed by atoms with Gasteiger partial charge in [-0.15, -0.1) is 0 Å². The highest BCUT2D eigenvalue weighted by Gasteiger charge is 2.24. The molecule has 0 amide bonds. The lowest BCUT2D eigenvalue weighted by atomic mass is 10.0. The molecule has 1 unspecified atom stereocenters. The molecule has 0 aromatic rings. The van der Waals surface area contributed by atoms with E-state index in [9.17, 15) is 9.59 Å². The highest BCUT2D eigenvalue weighted by atomic mass is 32.1. The minimum atomic E-state index is -0.927. The first kappa shape index (κ1) is 10.5. The van der Waals surface area contributed by atoms with Gasteiger partial charge in [-0.05, 0) is 13.8 Å². The molecule has 0 aromatic heterocycles. The van der Waals surface area contributed by atoms with Gasteiger partial charge in [0.2, 0.25) is 0 Å². The third-order valence-corrected chi connectivity index (χ3v) is 1.48. The number of aliphatic carboxylic acids is 1. The zero-order valence-corrected chi connectivity index (χ0v) is 7.52. The van der Waals surface area contributed by atoms with Crippen LogP contribution in [0.15, 0.2) is 0 Å². The molecular formula is C7H12O3S. The van der Waals surface area contributed by atoms with Crippen molar-refractivity contribution in [2.45, 2.75) is 31.4 Å². The molecule has 64 valence electrons. The second-order valence-corrected chi connectivity index (χ2v) is 4.03. The molecule has 0 aliphatic heterocycles. The van der Waals surface area contributed by atoms with E-state index >= 15 is 0 Å². The molecule has 11 heavy (non-hydrogen) atoms. The minimum Gasteiger partial charge on any atom is -0.481 e. The van der Waals surface area contributed by atoms with Crippen LogP contribution in [0.2, 0.25) is 0 Å². The molecule has 0 saturated heterocycles. The van der Waals surface area contributed by atoms with E-state index < -0.39 is 10.7 Å². The first-order chi connectivity index (χ1) is 4.83. The van der Waals surface area contributed by atoms with Crippen molar-refractivity contribution in [3.05, 3.63) is 0 Å². The van der Waals surface area contributed by atoms with Gasteiger partial charge in [-0.1, -0.05) is 0 Å². The van der Waals surface area contributed by atoms with E-state index in [1.807, 2.05) is 0 Å². The van der Waals surface area contributed by atoms with Crippen LogP contribution in [0.4, 0.5) is 0 Å². The molecule has 0 aliphatic carbocycles. The van der Waals surface area contributed by atoms with Crippen molar-refractivity contribution >= 4 is 24.4 Å². The van der Waals surface area contributed by atoms with Crippen LogP contribution in [-0.2, 0) is 9.59 Å². The first-order valence-corrected chi connectivity index (χ1v) is 3.72. The third-order valence-electron chi connectivity index (χ3n) is 1.16. The fraction of sp³-hybridized carbons (Fsp3) is 0.714. The maximum absolute atomic E-state index is 10.6. The summed E-state index contributed by atoms with van der Waals surface area (Å²) in [7, 11) is 0. The number of carbonyl (C=O) groups excluding carboxylic acids is 1. The van der Waals surface area contributed by atoms with E-state index in [4.69, 9.17) is 5.11 Å². The highest BCUT2D eigenvalue weighted by molar-refractivity contribution is 7.81. The summed E-state index contributed by atoms with van der Waals surface area (Å²) < 4.78 is -0.711. The molecule has 0 radical (unpaired) electrons. The molecule has 0 aromatic carbocycles. The quantitative estimate of drug-likeness (QED) is 0.631. The zero-order chi connectivity index (χ0) is 9.07. The van der Waals surface area contributed by atoms with Crippen LogP contribution in [0.1, 0.15) is 26.7 Å². The molecule has 0 fully saturated rings. The molecule has 0 rings (SSSR count). The Bertz CT molecular complexity index is 157. The van der Waals surface area contributed by atoms with Crippen LogP contribution < -0.4 is 0 Å². The van der Waals surface area contributed by atoms with Crippen LogP contribution >= 0.6 is 12.6 Å². The molecule has 0 spiro atoms. The zero-order valence-electron chi connectivity index (χ0n) is 6.63. The van der Waals surface area contributed by atoms with E-state index in [1.54, 1.807) is 6.92 Å². The summed E-state index contributed by atoms with van der Waals surface area (Å²) in [6.07, 6.45) is 0.109. The number of carboxylic acids is 1. The van der Waals surface area contributed by atoms with E-state index in [1.165, 1.54) is 6.92 Å². The van der Waals surface area contributed by atoms with Crippen molar-refractivity contribution in [3.63, 3.8) is 0 Å². The Morgan fingerprint density at radius 1 is 1.45 bits per heavy atom. The Hall–Kier alpha value is -0.510. The molecule has 0 heterocycles. The summed E-state index contributed by atoms with van der Waals surface area (Å²) in [6, 6.07) is 0. The molecule has 0 bridgehead atoms. The number of rotatable bonds is 4. The standard InChI is InChI=1S/C7H12O3S/c1-5(8)3-7(2,11)4-6(9)10/h11H,3-4H2,1-2H3,(H,9,10). The molecule has 3 nitrogen and oxygen atoms in total. The summed E-state index contributed by atoms with van der Waals surface area (Å²) in [6.45, 7) is 3.07. The number of hydrogen-bond acceptors (Lipinski definition) is 3. The van der Waals surface area contributed by atoms with Crippen molar-refractivity contribution in [3.8, 4) is 0 Å². The van der Waals surface area contributed by atoms with Crippen LogP contribution in [-0.4, -0.2) is 21.6 Å². The predicted octanol–water partition coefficient (Wildman–Crippen LogP) is 1.13. The van der Waals surface area contributed by atoms with Gasteiger partial charge < -0.3 is 5.11 Å². The van der Waals surface area contributed by atoms with Crippen LogP contribution in [0.5, 0.6) is 0 Å². The molecule has 1 N–H and O–H groups in total. The van der Waals surface area contributed by atoms with Gasteiger partial charge in [0, 0.05) is 11.2 Å². The molecule has 0 saturated carbocycles. The molecule has 1 atom stereocenters. The average Bonchev–Trinajstić information content (AvgIpc) is 1.53. The van der Waals surface area contributed by atoms with Crippen molar-refractivity contribution in [2.24, 2.45) is 0 Å². The van der Waals surface area contributed by atoms with Crippen molar-refractivity contribution < 1.29 is 14.7 Å². The Morgan fingerprint density at radius 2 is 1.91 bits per heavy atom. The van der Waals surface area contributed by atoms with Crippen molar-refractivity contribution in [1.29, 1.82) is 0 Å². The van der Waals surface area contributed by atoms with Gasteiger partial charge in [-0.2, -0.15) is 12.6 Å². The number of carboxylic acid groups (broad SMARTS) is 1. The summed E-state index contributed by atoms with van der Waals surface area (Å²) in [5, 5.41) is 8.40. The van der Waals surface area contributed by atoms with E-state index in [0.29, 0.717) is 0 Å². The Balaban J connectivity index is 3.99. The van der Waals surface area contributed by atoms with Gasteiger partial charge >= 0.3 is 5.97 Å². The Morgan fingerprint density at radius 3 is 2.18 bits per heavy atom. The summed E-state index contributed by atoms with van der Waals surface area (Å²) >= 11 is 4.06. The monoisotopic (exact) mass is 176 g/mol. The third kappa shape index (κ3) is 5.91.